The number of amides is 1. The number of nitrogens with zero attached hydrogens (tertiary/aromatic N) is 2. The molecule has 3 atom stereocenters. The Hall–Kier alpha value is -1.60. The number of carbonyl (C=O) groups excluding carboxylic acids is 1. The number of aromatic nitrogens is 2. The van der Waals surface area contributed by atoms with Crippen molar-refractivity contribution in [3.63, 3.8) is 0 Å². The Kier molecular flexibility index (Phi) is 5.16. The lowest BCUT2D eigenvalue weighted by molar-refractivity contribution is -0.123. The van der Waals surface area contributed by atoms with Crippen molar-refractivity contribution in [2.24, 2.45) is 11.8 Å². The van der Waals surface area contributed by atoms with Gasteiger partial charge in [-0.3, -0.25) is 9.36 Å². The lowest BCUT2D eigenvalue weighted by Gasteiger charge is -2.34. The van der Waals surface area contributed by atoms with Crippen LogP contribution >= 0.6 is 15.9 Å². The molecule has 0 radical (unpaired) electrons. The van der Waals surface area contributed by atoms with Gasteiger partial charge in [-0.25, -0.2) is 4.79 Å². The molecule has 0 spiro atoms. The molecule has 1 saturated heterocycles. The molecule has 1 saturated carbocycles. The van der Waals surface area contributed by atoms with E-state index in [2.05, 4.69) is 45.0 Å². The Balaban J connectivity index is 1.34. The fraction of sp³-hybridized carbons (Fsp3) is 0.600. The summed E-state index contributed by atoms with van der Waals surface area (Å²) in [4.78, 5) is 29.9. The van der Waals surface area contributed by atoms with E-state index in [1.807, 2.05) is 22.8 Å². The van der Waals surface area contributed by atoms with E-state index in [4.69, 9.17) is 0 Å². The van der Waals surface area contributed by atoms with Crippen LogP contribution in [0.5, 0.6) is 0 Å². The first-order valence-corrected chi connectivity index (χ1v) is 10.6. The molecular weight excluding hydrogens is 408 g/mol. The molecule has 2 fully saturated rings. The highest BCUT2D eigenvalue weighted by Gasteiger charge is 2.39. The molecule has 2 aliphatic rings. The maximum Gasteiger partial charge on any atom is 0.326 e. The third-order valence-corrected chi connectivity index (χ3v) is 6.46. The minimum Gasteiger partial charge on any atom is -0.352 e. The number of H-pyrrole nitrogens is 1. The van der Waals surface area contributed by atoms with Gasteiger partial charge < -0.3 is 15.2 Å². The summed E-state index contributed by atoms with van der Waals surface area (Å²) in [5, 5.41) is 3.15. The molecule has 1 aromatic carbocycles. The van der Waals surface area contributed by atoms with Crippen molar-refractivity contribution in [2.75, 3.05) is 19.6 Å². The highest BCUT2D eigenvalue weighted by molar-refractivity contribution is 9.10. The van der Waals surface area contributed by atoms with Crippen molar-refractivity contribution in [2.45, 2.75) is 45.2 Å². The van der Waals surface area contributed by atoms with Gasteiger partial charge in [0.15, 0.2) is 0 Å². The van der Waals surface area contributed by atoms with Gasteiger partial charge in [-0.2, -0.15) is 0 Å². The first-order chi connectivity index (χ1) is 12.9. The van der Waals surface area contributed by atoms with Crippen molar-refractivity contribution in [1.82, 2.24) is 19.8 Å². The molecule has 1 unspecified atom stereocenters. The molecule has 1 aliphatic heterocycles. The standard InChI is InChI=1S/C20H27BrN4O2/c1-12-9-16(12)19(26)22-13(2)11-24-7-5-15(6-8-24)25-18-4-3-14(21)10-17(18)23-20(25)27/h3-4,10,12-13,15-16H,5-9,11H2,1-2H3,(H,22,26)(H,23,27)/t12-,13-,16?/m0/s1. The van der Waals surface area contributed by atoms with Crippen molar-refractivity contribution in [1.29, 1.82) is 0 Å². The van der Waals surface area contributed by atoms with Gasteiger partial charge in [0, 0.05) is 42.1 Å². The number of piperidine rings is 1. The maximum atomic E-state index is 12.5. The van der Waals surface area contributed by atoms with Gasteiger partial charge in [-0.05, 0) is 50.3 Å². The monoisotopic (exact) mass is 434 g/mol. The molecule has 27 heavy (non-hydrogen) atoms. The molecule has 2 heterocycles. The minimum atomic E-state index is -0.0271. The van der Waals surface area contributed by atoms with Gasteiger partial charge in [-0.15, -0.1) is 0 Å². The molecule has 146 valence electrons. The third-order valence-electron chi connectivity index (χ3n) is 5.97. The summed E-state index contributed by atoms with van der Waals surface area (Å²) in [6.45, 7) is 6.97. The molecular formula is C20H27BrN4O2. The highest BCUT2D eigenvalue weighted by atomic mass is 79.9. The molecule has 2 aromatic rings. The fourth-order valence-corrected chi connectivity index (χ4v) is 4.66. The number of benzene rings is 1. The van der Waals surface area contributed by atoms with Crippen LogP contribution in [0.3, 0.4) is 0 Å². The molecule has 0 bridgehead atoms. The number of hydrogen-bond donors (Lipinski definition) is 2. The summed E-state index contributed by atoms with van der Waals surface area (Å²) in [6.07, 6.45) is 2.92. The van der Waals surface area contributed by atoms with E-state index in [-0.39, 0.29) is 29.6 Å². The second kappa shape index (κ2) is 7.43. The van der Waals surface area contributed by atoms with Crippen LogP contribution < -0.4 is 11.0 Å². The van der Waals surface area contributed by atoms with Crippen LogP contribution in [0.1, 0.15) is 39.2 Å². The van der Waals surface area contributed by atoms with E-state index < -0.39 is 0 Å². The molecule has 1 amide bonds. The summed E-state index contributed by atoms with van der Waals surface area (Å²) in [5.74, 6) is 0.983. The minimum absolute atomic E-state index is 0.0271. The second-order valence-corrected chi connectivity index (χ2v) is 9.14. The van der Waals surface area contributed by atoms with Crippen molar-refractivity contribution < 1.29 is 4.79 Å². The van der Waals surface area contributed by atoms with Crippen molar-refractivity contribution in [3.05, 3.63) is 33.2 Å². The van der Waals surface area contributed by atoms with Crippen molar-refractivity contribution in [3.8, 4) is 0 Å². The first-order valence-electron chi connectivity index (χ1n) is 9.85. The van der Waals surface area contributed by atoms with Crippen LogP contribution in [0.4, 0.5) is 0 Å². The van der Waals surface area contributed by atoms with Crippen molar-refractivity contribution >= 4 is 32.9 Å². The number of hydrogen-bond acceptors (Lipinski definition) is 3. The highest BCUT2D eigenvalue weighted by Crippen LogP contribution is 2.37. The predicted octanol–water partition coefficient (Wildman–Crippen LogP) is 2.89. The van der Waals surface area contributed by atoms with Gasteiger partial charge in [0.1, 0.15) is 0 Å². The van der Waals surface area contributed by atoms with Gasteiger partial charge in [0.2, 0.25) is 5.91 Å². The Morgan fingerprint density at radius 2 is 2.07 bits per heavy atom. The summed E-state index contributed by atoms with van der Waals surface area (Å²) in [5.41, 5.74) is 1.82. The van der Waals surface area contributed by atoms with Gasteiger partial charge in [0.05, 0.1) is 11.0 Å². The smallest absolute Gasteiger partial charge is 0.326 e. The van der Waals surface area contributed by atoms with Crippen LogP contribution in [0.2, 0.25) is 0 Å². The maximum absolute atomic E-state index is 12.5. The quantitative estimate of drug-likeness (QED) is 0.759. The number of rotatable bonds is 5. The third kappa shape index (κ3) is 3.99. The number of imidazole rings is 1. The second-order valence-electron chi connectivity index (χ2n) is 8.22. The van der Waals surface area contributed by atoms with Crippen LogP contribution in [-0.2, 0) is 4.79 Å². The van der Waals surface area contributed by atoms with E-state index in [1.165, 1.54) is 0 Å². The normalized spacial score (nSPS) is 24.9. The zero-order valence-electron chi connectivity index (χ0n) is 15.9. The number of fused-ring (bicyclic) bond motifs is 1. The number of likely N-dealkylation sites (tertiary alicyclic amines) is 1. The van der Waals surface area contributed by atoms with E-state index in [9.17, 15) is 9.59 Å². The lowest BCUT2D eigenvalue weighted by atomic mass is 10.0. The number of aromatic amines is 1. The molecule has 2 N–H and O–H groups in total. The summed E-state index contributed by atoms with van der Waals surface area (Å²) in [6, 6.07) is 6.32. The Morgan fingerprint density at radius 1 is 1.37 bits per heavy atom. The van der Waals surface area contributed by atoms with E-state index in [1.54, 1.807) is 0 Å². The van der Waals surface area contributed by atoms with Crippen LogP contribution in [0, 0.1) is 11.8 Å². The molecule has 4 rings (SSSR count). The number of carbonyl (C=O) groups is 1. The molecule has 1 aliphatic carbocycles. The lowest BCUT2D eigenvalue weighted by Crippen LogP contribution is -2.45. The van der Waals surface area contributed by atoms with Crippen LogP contribution in [0.15, 0.2) is 27.5 Å². The largest absolute Gasteiger partial charge is 0.352 e. The average molecular weight is 435 g/mol. The molecule has 1 aromatic heterocycles. The Labute approximate surface area is 167 Å². The van der Waals surface area contributed by atoms with E-state index in [0.717, 1.165) is 54.4 Å². The zero-order valence-corrected chi connectivity index (χ0v) is 17.5. The average Bonchev–Trinajstić information content (AvgIpc) is 3.26. The van der Waals surface area contributed by atoms with Crippen LogP contribution in [-0.4, -0.2) is 46.0 Å². The predicted molar refractivity (Wildman–Crippen MR) is 110 cm³/mol. The topological polar surface area (TPSA) is 70.1 Å². The van der Waals surface area contributed by atoms with Gasteiger partial charge in [0.25, 0.3) is 0 Å². The van der Waals surface area contributed by atoms with E-state index in [0.29, 0.717) is 5.92 Å². The first kappa shape index (κ1) is 18.7. The SMILES string of the molecule is C[C@@H](CN1CCC(n2c(=O)[nH]c3cc(Br)ccc32)CC1)NC(=O)C1C[C@@H]1C. The Bertz CT molecular complexity index is 897. The number of nitrogens with one attached hydrogen (secondary N) is 2. The summed E-state index contributed by atoms with van der Waals surface area (Å²) in [7, 11) is 0. The molecule has 7 heteroatoms. The molecule has 6 nitrogen and oxygen atoms in total. The fourth-order valence-electron chi connectivity index (χ4n) is 4.30. The zero-order chi connectivity index (χ0) is 19.1. The van der Waals surface area contributed by atoms with Gasteiger partial charge >= 0.3 is 5.69 Å². The summed E-state index contributed by atoms with van der Waals surface area (Å²) < 4.78 is 2.88. The van der Waals surface area contributed by atoms with E-state index >= 15 is 0 Å². The number of halogens is 1. The Morgan fingerprint density at radius 3 is 2.74 bits per heavy atom. The van der Waals surface area contributed by atoms with Gasteiger partial charge in [-0.1, -0.05) is 22.9 Å². The van der Waals surface area contributed by atoms with Crippen LogP contribution in [0.25, 0.3) is 11.0 Å². The summed E-state index contributed by atoms with van der Waals surface area (Å²) >= 11 is 3.46.